The lowest BCUT2D eigenvalue weighted by Crippen LogP contribution is -2.47. The molecule has 1 atom stereocenters. The smallest absolute Gasteiger partial charge is 0.319 e. The molecule has 0 saturated carbocycles. The van der Waals surface area contributed by atoms with Gasteiger partial charge in [0.2, 0.25) is 5.91 Å². The number of benzene rings is 1. The molecule has 2 aromatic rings. The van der Waals surface area contributed by atoms with Crippen molar-refractivity contribution in [3.63, 3.8) is 0 Å². The Bertz CT molecular complexity index is 883. The van der Waals surface area contributed by atoms with Gasteiger partial charge in [0.25, 0.3) is 0 Å². The van der Waals surface area contributed by atoms with Crippen molar-refractivity contribution in [2.45, 2.75) is 12.8 Å². The van der Waals surface area contributed by atoms with Crippen LogP contribution in [0, 0.1) is 5.92 Å². The monoisotopic (exact) mass is 418 g/mol. The van der Waals surface area contributed by atoms with Gasteiger partial charge in [0.05, 0.1) is 25.8 Å². The van der Waals surface area contributed by atoms with E-state index in [2.05, 4.69) is 10.3 Å². The summed E-state index contributed by atoms with van der Waals surface area (Å²) in [4.78, 5) is 32.7. The Labute approximate surface area is 174 Å². The maximum Gasteiger partial charge on any atom is 0.319 e. The van der Waals surface area contributed by atoms with Crippen LogP contribution in [0.5, 0.6) is 11.5 Å². The fraction of sp³-hybridized carbons (Fsp3) is 0.450. The van der Waals surface area contributed by atoms with Gasteiger partial charge in [-0.25, -0.2) is 9.78 Å². The van der Waals surface area contributed by atoms with Crippen LogP contribution in [-0.2, 0) is 4.79 Å². The number of hydrogen-bond acceptors (Lipinski definition) is 6. The van der Waals surface area contributed by atoms with E-state index in [-0.39, 0.29) is 17.9 Å². The minimum absolute atomic E-state index is 0.0656. The number of carbonyl (C=O) groups excluding carboxylic acids is 2. The normalized spacial score (nSPS) is 16.3. The Balaban J connectivity index is 1.70. The number of methoxy groups -OCH3 is 2. The number of aromatic nitrogens is 1. The SMILES string of the molecule is COc1ccc(OC)c(-c2csc(NC(=O)C3CCCN(C(=O)N(C)C)C3)n2)c1. The molecule has 1 fully saturated rings. The number of nitrogens with one attached hydrogen (secondary N) is 1. The lowest BCUT2D eigenvalue weighted by atomic mass is 9.97. The third-order valence-electron chi connectivity index (χ3n) is 4.86. The molecule has 1 aromatic carbocycles. The minimum Gasteiger partial charge on any atom is -0.497 e. The highest BCUT2D eigenvalue weighted by Crippen LogP contribution is 2.35. The Hall–Kier alpha value is -2.81. The number of urea groups is 1. The number of anilines is 1. The van der Waals surface area contributed by atoms with Gasteiger partial charge in [0, 0.05) is 38.1 Å². The van der Waals surface area contributed by atoms with Gasteiger partial charge < -0.3 is 24.6 Å². The number of rotatable bonds is 5. The standard InChI is InChI=1S/C20H26N4O4S/c1-23(2)20(26)24-9-5-6-13(11-24)18(25)22-19-21-16(12-29-19)15-10-14(27-3)7-8-17(15)28-4/h7-8,10,12-13H,5-6,9,11H2,1-4H3,(H,21,22,25). The third kappa shape index (κ3) is 4.79. The molecule has 29 heavy (non-hydrogen) atoms. The zero-order valence-electron chi connectivity index (χ0n) is 17.1. The molecule has 1 N–H and O–H groups in total. The van der Waals surface area contributed by atoms with E-state index in [0.29, 0.717) is 35.4 Å². The van der Waals surface area contributed by atoms with Crippen molar-refractivity contribution < 1.29 is 19.1 Å². The van der Waals surface area contributed by atoms with E-state index in [0.717, 1.165) is 18.4 Å². The van der Waals surface area contributed by atoms with Crippen LogP contribution in [0.4, 0.5) is 9.93 Å². The summed E-state index contributed by atoms with van der Waals surface area (Å²) in [5.41, 5.74) is 1.50. The lowest BCUT2D eigenvalue weighted by molar-refractivity contribution is -0.121. The van der Waals surface area contributed by atoms with E-state index in [1.807, 2.05) is 23.6 Å². The summed E-state index contributed by atoms with van der Waals surface area (Å²) in [7, 11) is 6.64. The highest BCUT2D eigenvalue weighted by molar-refractivity contribution is 7.14. The van der Waals surface area contributed by atoms with Crippen LogP contribution in [0.3, 0.4) is 0 Å². The molecule has 1 aromatic heterocycles. The Kier molecular flexibility index (Phi) is 6.58. The molecular formula is C20H26N4O4S. The van der Waals surface area contributed by atoms with Crippen LogP contribution in [-0.4, -0.2) is 68.1 Å². The molecule has 0 radical (unpaired) electrons. The van der Waals surface area contributed by atoms with Crippen molar-refractivity contribution in [1.29, 1.82) is 0 Å². The van der Waals surface area contributed by atoms with E-state index in [9.17, 15) is 9.59 Å². The maximum atomic E-state index is 12.7. The van der Waals surface area contributed by atoms with Crippen molar-refractivity contribution in [1.82, 2.24) is 14.8 Å². The molecule has 0 spiro atoms. The summed E-state index contributed by atoms with van der Waals surface area (Å²) >= 11 is 1.35. The molecule has 1 saturated heterocycles. The summed E-state index contributed by atoms with van der Waals surface area (Å²) in [6.07, 6.45) is 1.56. The second kappa shape index (κ2) is 9.13. The topological polar surface area (TPSA) is 84.0 Å². The zero-order chi connectivity index (χ0) is 21.0. The number of likely N-dealkylation sites (tertiary alicyclic amines) is 1. The van der Waals surface area contributed by atoms with Crippen LogP contribution in [0.1, 0.15) is 12.8 Å². The molecule has 2 heterocycles. The first-order chi connectivity index (χ1) is 13.9. The first-order valence-corrected chi connectivity index (χ1v) is 10.3. The Morgan fingerprint density at radius 3 is 2.76 bits per heavy atom. The highest BCUT2D eigenvalue weighted by atomic mass is 32.1. The van der Waals surface area contributed by atoms with Gasteiger partial charge in [0.1, 0.15) is 11.5 Å². The number of hydrogen-bond donors (Lipinski definition) is 1. The Morgan fingerprint density at radius 1 is 1.28 bits per heavy atom. The van der Waals surface area contributed by atoms with Gasteiger partial charge in [0.15, 0.2) is 5.13 Å². The summed E-state index contributed by atoms with van der Waals surface area (Å²) < 4.78 is 10.7. The number of thiazole rings is 1. The Morgan fingerprint density at radius 2 is 2.07 bits per heavy atom. The van der Waals surface area contributed by atoms with Crippen LogP contribution in [0.25, 0.3) is 11.3 Å². The van der Waals surface area contributed by atoms with E-state index in [4.69, 9.17) is 9.47 Å². The molecular weight excluding hydrogens is 392 g/mol. The molecule has 8 nitrogen and oxygen atoms in total. The van der Waals surface area contributed by atoms with Crippen molar-refractivity contribution >= 4 is 28.4 Å². The van der Waals surface area contributed by atoms with Crippen molar-refractivity contribution in [2.75, 3.05) is 46.7 Å². The van der Waals surface area contributed by atoms with Crippen LogP contribution < -0.4 is 14.8 Å². The number of carbonyl (C=O) groups is 2. The van der Waals surface area contributed by atoms with Gasteiger partial charge >= 0.3 is 6.03 Å². The molecule has 1 aliphatic rings. The molecule has 0 aliphatic carbocycles. The van der Waals surface area contributed by atoms with Crippen LogP contribution >= 0.6 is 11.3 Å². The average molecular weight is 419 g/mol. The second-order valence-corrected chi connectivity index (χ2v) is 7.91. The number of ether oxygens (including phenoxy) is 2. The summed E-state index contributed by atoms with van der Waals surface area (Å²) in [6, 6.07) is 5.43. The van der Waals surface area contributed by atoms with Crippen molar-refractivity contribution in [3.8, 4) is 22.8 Å². The van der Waals surface area contributed by atoms with Crippen molar-refractivity contribution in [3.05, 3.63) is 23.6 Å². The van der Waals surface area contributed by atoms with Crippen LogP contribution in [0.2, 0.25) is 0 Å². The lowest BCUT2D eigenvalue weighted by Gasteiger charge is -2.33. The molecule has 1 aliphatic heterocycles. The van der Waals surface area contributed by atoms with Gasteiger partial charge in [-0.05, 0) is 31.0 Å². The van der Waals surface area contributed by atoms with Gasteiger partial charge in [-0.15, -0.1) is 11.3 Å². The number of piperidine rings is 1. The largest absolute Gasteiger partial charge is 0.497 e. The average Bonchev–Trinajstić information content (AvgIpc) is 3.20. The molecule has 9 heteroatoms. The quantitative estimate of drug-likeness (QED) is 0.806. The zero-order valence-corrected chi connectivity index (χ0v) is 17.9. The minimum atomic E-state index is -0.244. The maximum absolute atomic E-state index is 12.7. The predicted molar refractivity (Wildman–Crippen MR) is 113 cm³/mol. The van der Waals surface area contributed by atoms with Crippen molar-refractivity contribution in [2.24, 2.45) is 5.92 Å². The second-order valence-electron chi connectivity index (χ2n) is 7.06. The predicted octanol–water partition coefficient (Wildman–Crippen LogP) is 3.16. The van der Waals surface area contributed by atoms with E-state index < -0.39 is 0 Å². The summed E-state index contributed by atoms with van der Waals surface area (Å²) in [5.74, 6) is 1.03. The third-order valence-corrected chi connectivity index (χ3v) is 5.62. The first kappa shape index (κ1) is 20.9. The number of amides is 3. The molecule has 156 valence electrons. The molecule has 1 unspecified atom stereocenters. The molecule has 3 amide bonds. The van der Waals surface area contributed by atoms with E-state index in [1.54, 1.807) is 33.2 Å². The fourth-order valence-electron chi connectivity index (χ4n) is 3.32. The first-order valence-electron chi connectivity index (χ1n) is 9.38. The van der Waals surface area contributed by atoms with Crippen LogP contribution in [0.15, 0.2) is 23.6 Å². The highest BCUT2D eigenvalue weighted by Gasteiger charge is 2.29. The summed E-state index contributed by atoms with van der Waals surface area (Å²) in [5, 5.41) is 5.29. The molecule has 3 rings (SSSR count). The number of nitrogens with zero attached hydrogens (tertiary/aromatic N) is 3. The van der Waals surface area contributed by atoms with Gasteiger partial charge in [-0.3, -0.25) is 4.79 Å². The van der Waals surface area contributed by atoms with Gasteiger partial charge in [-0.2, -0.15) is 0 Å². The van der Waals surface area contributed by atoms with E-state index >= 15 is 0 Å². The summed E-state index contributed by atoms with van der Waals surface area (Å²) in [6.45, 7) is 1.10. The molecule has 0 bridgehead atoms. The fourth-order valence-corrected chi connectivity index (χ4v) is 4.04. The van der Waals surface area contributed by atoms with Gasteiger partial charge in [-0.1, -0.05) is 0 Å². The van der Waals surface area contributed by atoms with E-state index in [1.165, 1.54) is 16.2 Å².